The number of thiol groups is 1. The molecule has 1 saturated heterocycles. The second-order valence-electron chi connectivity index (χ2n) is 7.11. The maximum Gasteiger partial charge on any atom is 0.326 e. The monoisotopic (exact) mass is 392 g/mol. The van der Waals surface area contributed by atoms with Crippen LogP contribution < -0.4 is 5.32 Å². The SMILES string of the molecule is CC[C@H](C)[C@H](NC(=O)[C@@H](S)Cc1ccccc1)C(=O)N1CCC[C@H]1C(=O)O. The number of rotatable bonds is 8. The summed E-state index contributed by atoms with van der Waals surface area (Å²) in [4.78, 5) is 38.5. The lowest BCUT2D eigenvalue weighted by Gasteiger charge is -2.31. The van der Waals surface area contributed by atoms with Gasteiger partial charge in [0.05, 0.1) is 5.25 Å². The topological polar surface area (TPSA) is 86.7 Å². The van der Waals surface area contributed by atoms with E-state index in [0.717, 1.165) is 5.56 Å². The minimum atomic E-state index is -0.994. The molecule has 2 N–H and O–H groups in total. The van der Waals surface area contributed by atoms with Crippen LogP contribution in [-0.4, -0.2) is 51.7 Å². The van der Waals surface area contributed by atoms with Crippen LogP contribution in [0, 0.1) is 5.92 Å². The van der Waals surface area contributed by atoms with E-state index in [2.05, 4.69) is 17.9 Å². The molecule has 148 valence electrons. The first-order valence-corrected chi connectivity index (χ1v) is 9.92. The average Bonchev–Trinajstić information content (AvgIpc) is 3.15. The van der Waals surface area contributed by atoms with Crippen LogP contribution in [0.4, 0.5) is 0 Å². The van der Waals surface area contributed by atoms with Gasteiger partial charge in [0, 0.05) is 6.54 Å². The van der Waals surface area contributed by atoms with Crippen molar-refractivity contribution in [2.45, 2.75) is 56.9 Å². The van der Waals surface area contributed by atoms with Crippen LogP contribution in [0.3, 0.4) is 0 Å². The molecule has 0 aliphatic carbocycles. The number of hydrogen-bond donors (Lipinski definition) is 3. The Bertz CT molecular complexity index is 667. The molecule has 0 saturated carbocycles. The number of hydrogen-bond acceptors (Lipinski definition) is 4. The van der Waals surface area contributed by atoms with Crippen LogP contribution in [0.1, 0.15) is 38.7 Å². The van der Waals surface area contributed by atoms with Crippen molar-refractivity contribution >= 4 is 30.4 Å². The summed E-state index contributed by atoms with van der Waals surface area (Å²) in [5.41, 5.74) is 0.990. The highest BCUT2D eigenvalue weighted by atomic mass is 32.1. The van der Waals surface area contributed by atoms with E-state index in [9.17, 15) is 19.5 Å². The highest BCUT2D eigenvalue weighted by Gasteiger charge is 2.39. The highest BCUT2D eigenvalue weighted by Crippen LogP contribution is 2.21. The Morgan fingerprint density at radius 1 is 1.30 bits per heavy atom. The fraction of sp³-hybridized carbons (Fsp3) is 0.550. The predicted molar refractivity (Wildman–Crippen MR) is 107 cm³/mol. The lowest BCUT2D eigenvalue weighted by atomic mass is 9.97. The van der Waals surface area contributed by atoms with E-state index in [0.29, 0.717) is 32.2 Å². The molecule has 2 amide bonds. The average molecular weight is 393 g/mol. The van der Waals surface area contributed by atoms with E-state index >= 15 is 0 Å². The first-order valence-electron chi connectivity index (χ1n) is 9.40. The lowest BCUT2D eigenvalue weighted by Crippen LogP contribution is -2.55. The van der Waals surface area contributed by atoms with Crippen LogP contribution >= 0.6 is 12.6 Å². The largest absolute Gasteiger partial charge is 0.480 e. The Balaban J connectivity index is 2.08. The van der Waals surface area contributed by atoms with Crippen molar-refractivity contribution in [1.82, 2.24) is 10.2 Å². The molecule has 1 fully saturated rings. The molecule has 4 atom stereocenters. The van der Waals surface area contributed by atoms with Gasteiger partial charge < -0.3 is 15.3 Å². The summed E-state index contributed by atoms with van der Waals surface area (Å²) in [6.45, 7) is 4.24. The van der Waals surface area contributed by atoms with Gasteiger partial charge in [-0.1, -0.05) is 50.6 Å². The molecule has 0 unspecified atom stereocenters. The van der Waals surface area contributed by atoms with Crippen LogP contribution in [0.15, 0.2) is 30.3 Å². The van der Waals surface area contributed by atoms with E-state index in [1.54, 1.807) is 0 Å². The standard InChI is InChI=1S/C20H28N2O4S/c1-3-13(2)17(19(24)22-11-7-10-15(22)20(25)26)21-18(23)16(27)12-14-8-5-4-6-9-14/h4-6,8-9,13,15-17,27H,3,7,10-12H2,1-2H3,(H,21,23)(H,25,26)/t13-,15-,16-,17-/m0/s1. The van der Waals surface area contributed by atoms with Gasteiger partial charge in [-0.25, -0.2) is 4.79 Å². The van der Waals surface area contributed by atoms with Gasteiger partial charge in [-0.2, -0.15) is 12.6 Å². The Hall–Kier alpha value is -2.02. The first-order chi connectivity index (χ1) is 12.8. The van der Waals surface area contributed by atoms with Crippen molar-refractivity contribution < 1.29 is 19.5 Å². The molecule has 2 rings (SSSR count). The van der Waals surface area contributed by atoms with Gasteiger partial charge in [-0.05, 0) is 30.7 Å². The molecule has 6 nitrogen and oxygen atoms in total. The zero-order valence-electron chi connectivity index (χ0n) is 15.8. The molecule has 1 heterocycles. The molecular formula is C20H28N2O4S. The number of aliphatic carboxylic acids is 1. The summed E-state index contributed by atoms with van der Waals surface area (Å²) in [6.07, 6.45) is 2.26. The van der Waals surface area contributed by atoms with E-state index in [1.165, 1.54) is 4.90 Å². The van der Waals surface area contributed by atoms with Crippen LogP contribution in [-0.2, 0) is 20.8 Å². The normalized spacial score (nSPS) is 20.0. The quantitative estimate of drug-likeness (QED) is 0.592. The third kappa shape index (κ3) is 5.48. The number of carbonyl (C=O) groups excluding carboxylic acids is 2. The summed E-state index contributed by atoms with van der Waals surface area (Å²) in [7, 11) is 0. The number of likely N-dealkylation sites (tertiary alicyclic amines) is 1. The summed E-state index contributed by atoms with van der Waals surface area (Å²) in [5.74, 6) is -1.73. The molecule has 7 heteroatoms. The van der Waals surface area contributed by atoms with Crippen LogP contribution in [0.25, 0.3) is 0 Å². The smallest absolute Gasteiger partial charge is 0.326 e. The number of benzene rings is 1. The minimum absolute atomic E-state index is 0.103. The molecule has 0 spiro atoms. The zero-order chi connectivity index (χ0) is 20.0. The first kappa shape index (κ1) is 21.3. The van der Waals surface area contributed by atoms with Gasteiger partial charge >= 0.3 is 5.97 Å². The Morgan fingerprint density at radius 2 is 1.96 bits per heavy atom. The molecule has 1 aliphatic heterocycles. The van der Waals surface area contributed by atoms with E-state index in [-0.39, 0.29) is 17.7 Å². The molecule has 0 radical (unpaired) electrons. The summed E-state index contributed by atoms with van der Waals surface area (Å²) in [5, 5.41) is 11.6. The molecule has 1 aromatic carbocycles. The van der Waals surface area contributed by atoms with Gasteiger partial charge in [0.1, 0.15) is 12.1 Å². The van der Waals surface area contributed by atoms with Crippen molar-refractivity contribution in [3.8, 4) is 0 Å². The fourth-order valence-electron chi connectivity index (χ4n) is 3.33. The number of nitrogens with zero attached hydrogens (tertiary/aromatic N) is 1. The Labute approximate surface area is 165 Å². The van der Waals surface area contributed by atoms with Gasteiger partial charge in [0.15, 0.2) is 0 Å². The van der Waals surface area contributed by atoms with E-state index in [1.807, 2.05) is 44.2 Å². The minimum Gasteiger partial charge on any atom is -0.480 e. The third-order valence-corrected chi connectivity index (χ3v) is 5.59. The summed E-state index contributed by atoms with van der Waals surface area (Å²) < 4.78 is 0. The van der Waals surface area contributed by atoms with Gasteiger partial charge in [0.25, 0.3) is 0 Å². The number of nitrogens with one attached hydrogen (secondary N) is 1. The van der Waals surface area contributed by atoms with E-state index in [4.69, 9.17) is 0 Å². The van der Waals surface area contributed by atoms with Crippen molar-refractivity contribution in [2.24, 2.45) is 5.92 Å². The van der Waals surface area contributed by atoms with Crippen molar-refractivity contribution in [2.75, 3.05) is 6.54 Å². The van der Waals surface area contributed by atoms with E-state index < -0.39 is 23.3 Å². The summed E-state index contributed by atoms with van der Waals surface area (Å²) >= 11 is 4.41. The van der Waals surface area contributed by atoms with Crippen LogP contribution in [0.5, 0.6) is 0 Å². The lowest BCUT2D eigenvalue weighted by molar-refractivity contribution is -0.150. The third-order valence-electron chi connectivity index (χ3n) is 5.17. The van der Waals surface area contributed by atoms with Gasteiger partial charge in [-0.3, -0.25) is 9.59 Å². The summed E-state index contributed by atoms with van der Waals surface area (Å²) in [6, 6.07) is 8.01. The second kappa shape index (κ2) is 9.78. The van der Waals surface area contributed by atoms with Gasteiger partial charge in [0.2, 0.25) is 11.8 Å². The second-order valence-corrected chi connectivity index (χ2v) is 7.73. The predicted octanol–water partition coefficient (Wildman–Crippen LogP) is 2.13. The number of carboxylic acid groups (broad SMARTS) is 1. The molecule has 0 bridgehead atoms. The van der Waals surface area contributed by atoms with Crippen molar-refractivity contribution in [1.29, 1.82) is 0 Å². The molecular weight excluding hydrogens is 364 g/mol. The molecule has 1 aliphatic rings. The Morgan fingerprint density at radius 3 is 2.56 bits per heavy atom. The van der Waals surface area contributed by atoms with Gasteiger partial charge in [-0.15, -0.1) is 0 Å². The zero-order valence-corrected chi connectivity index (χ0v) is 16.7. The number of carboxylic acids is 1. The van der Waals surface area contributed by atoms with Crippen LogP contribution in [0.2, 0.25) is 0 Å². The molecule has 27 heavy (non-hydrogen) atoms. The molecule has 1 aromatic rings. The number of carbonyl (C=O) groups is 3. The molecule has 0 aromatic heterocycles. The maximum absolute atomic E-state index is 13.0. The van der Waals surface area contributed by atoms with Crippen molar-refractivity contribution in [3.05, 3.63) is 35.9 Å². The highest BCUT2D eigenvalue weighted by molar-refractivity contribution is 7.81. The number of amides is 2. The maximum atomic E-state index is 13.0. The Kier molecular flexibility index (Phi) is 7.71. The van der Waals surface area contributed by atoms with Crippen molar-refractivity contribution in [3.63, 3.8) is 0 Å². The fourth-order valence-corrected chi connectivity index (χ4v) is 3.61.